The quantitative estimate of drug-likeness (QED) is 0.798. The molecule has 2 heterocycles. The van der Waals surface area contributed by atoms with Crippen LogP contribution in [0.15, 0.2) is 0 Å². The van der Waals surface area contributed by atoms with Crippen LogP contribution in [0.5, 0.6) is 0 Å². The lowest BCUT2D eigenvalue weighted by molar-refractivity contribution is -0.0855. The van der Waals surface area contributed by atoms with Crippen molar-refractivity contribution < 1.29 is 14.3 Å². The van der Waals surface area contributed by atoms with Crippen LogP contribution in [0.2, 0.25) is 0 Å². The summed E-state index contributed by atoms with van der Waals surface area (Å²) in [5.74, 6) is -0.228. The van der Waals surface area contributed by atoms with Crippen LogP contribution in [0.3, 0.4) is 0 Å². The summed E-state index contributed by atoms with van der Waals surface area (Å²) >= 11 is 0. The van der Waals surface area contributed by atoms with E-state index in [0.717, 1.165) is 0 Å². The van der Waals surface area contributed by atoms with Crippen LogP contribution in [0.4, 0.5) is 5.69 Å². The number of carbonyl (C=O) groups is 1. The average molecular weight is 268 g/mol. The summed E-state index contributed by atoms with van der Waals surface area (Å²) in [6.45, 7) is 6.39. The summed E-state index contributed by atoms with van der Waals surface area (Å²) in [5, 5.41) is 7.03. The molecule has 1 fully saturated rings. The third-order valence-electron chi connectivity index (χ3n) is 3.06. The van der Waals surface area contributed by atoms with E-state index in [9.17, 15) is 4.79 Å². The maximum atomic E-state index is 12.2. The SMILES string of the molecule is CCn1nc(C)c(N)c1C(=O)NCC1COCCO1. The van der Waals surface area contributed by atoms with Crippen LogP contribution < -0.4 is 11.1 Å². The molecule has 3 N–H and O–H groups in total. The molecule has 0 saturated carbocycles. The van der Waals surface area contributed by atoms with Crippen LogP contribution in [0, 0.1) is 6.92 Å². The number of nitrogens with zero attached hydrogens (tertiary/aromatic N) is 2. The number of aromatic nitrogens is 2. The second kappa shape index (κ2) is 6.03. The molecule has 1 saturated heterocycles. The number of ether oxygens (including phenoxy) is 2. The third kappa shape index (κ3) is 3.05. The zero-order valence-electron chi connectivity index (χ0n) is 11.3. The predicted octanol–water partition coefficient (Wildman–Crippen LogP) is -0.0612. The van der Waals surface area contributed by atoms with Crippen LogP contribution in [0.1, 0.15) is 23.1 Å². The molecule has 0 bridgehead atoms. The molecule has 1 aliphatic heterocycles. The van der Waals surface area contributed by atoms with E-state index in [-0.39, 0.29) is 12.0 Å². The average Bonchev–Trinajstić information content (AvgIpc) is 2.73. The Kier molecular flexibility index (Phi) is 4.39. The van der Waals surface area contributed by atoms with Gasteiger partial charge in [0.05, 0.1) is 37.3 Å². The first-order valence-corrected chi connectivity index (χ1v) is 6.44. The first kappa shape index (κ1) is 13.8. The molecule has 1 amide bonds. The molecule has 106 valence electrons. The van der Waals surface area contributed by atoms with E-state index >= 15 is 0 Å². The van der Waals surface area contributed by atoms with Gasteiger partial charge in [0.1, 0.15) is 5.69 Å². The lowest BCUT2D eigenvalue weighted by Gasteiger charge is -2.23. The molecule has 0 aliphatic carbocycles. The molecule has 7 heteroatoms. The maximum absolute atomic E-state index is 12.2. The Morgan fingerprint density at radius 3 is 3.00 bits per heavy atom. The summed E-state index contributed by atoms with van der Waals surface area (Å²) in [4.78, 5) is 12.2. The smallest absolute Gasteiger partial charge is 0.271 e. The minimum absolute atomic E-state index is 0.0991. The molecule has 1 aliphatic rings. The predicted molar refractivity (Wildman–Crippen MR) is 69.9 cm³/mol. The van der Waals surface area contributed by atoms with Gasteiger partial charge >= 0.3 is 0 Å². The van der Waals surface area contributed by atoms with Crippen LogP contribution in [0.25, 0.3) is 0 Å². The lowest BCUT2D eigenvalue weighted by atomic mass is 10.2. The minimum Gasteiger partial charge on any atom is -0.395 e. The molecular formula is C12H20N4O3. The normalized spacial score (nSPS) is 19.4. The Morgan fingerprint density at radius 2 is 2.37 bits per heavy atom. The summed E-state index contributed by atoms with van der Waals surface area (Å²) in [7, 11) is 0. The number of hydrogen-bond acceptors (Lipinski definition) is 5. The highest BCUT2D eigenvalue weighted by Crippen LogP contribution is 2.16. The summed E-state index contributed by atoms with van der Waals surface area (Å²) < 4.78 is 12.3. The van der Waals surface area contributed by atoms with E-state index in [1.54, 1.807) is 11.6 Å². The van der Waals surface area contributed by atoms with Gasteiger partial charge in [-0.15, -0.1) is 0 Å². The van der Waals surface area contributed by atoms with Crippen molar-refractivity contribution in [1.82, 2.24) is 15.1 Å². The molecule has 1 unspecified atom stereocenters. The second-order valence-electron chi connectivity index (χ2n) is 4.44. The van der Waals surface area contributed by atoms with Gasteiger partial charge in [-0.2, -0.15) is 5.10 Å². The van der Waals surface area contributed by atoms with Crippen molar-refractivity contribution in [3.63, 3.8) is 0 Å². The first-order valence-electron chi connectivity index (χ1n) is 6.44. The number of nitrogen functional groups attached to an aromatic ring is 1. The Bertz CT molecular complexity index is 452. The second-order valence-corrected chi connectivity index (χ2v) is 4.44. The van der Waals surface area contributed by atoms with Crippen molar-refractivity contribution in [2.45, 2.75) is 26.5 Å². The molecule has 1 aromatic rings. The topological polar surface area (TPSA) is 91.4 Å². The van der Waals surface area contributed by atoms with Crippen molar-refractivity contribution in [1.29, 1.82) is 0 Å². The van der Waals surface area contributed by atoms with E-state index in [1.807, 2.05) is 6.92 Å². The van der Waals surface area contributed by atoms with Crippen molar-refractivity contribution >= 4 is 11.6 Å². The molecule has 19 heavy (non-hydrogen) atoms. The maximum Gasteiger partial charge on any atom is 0.271 e. The fraction of sp³-hybridized carbons (Fsp3) is 0.667. The number of rotatable bonds is 4. The monoisotopic (exact) mass is 268 g/mol. The Morgan fingerprint density at radius 1 is 1.58 bits per heavy atom. The Labute approximate surface area is 112 Å². The van der Waals surface area contributed by atoms with Crippen LogP contribution in [-0.2, 0) is 16.0 Å². The number of nitrogens with two attached hydrogens (primary N) is 1. The van der Waals surface area contributed by atoms with Gasteiger partial charge in [-0.1, -0.05) is 0 Å². The number of nitrogens with one attached hydrogen (secondary N) is 1. The van der Waals surface area contributed by atoms with E-state index in [1.165, 1.54) is 0 Å². The van der Waals surface area contributed by atoms with Crippen LogP contribution in [-0.4, -0.2) is 48.2 Å². The minimum atomic E-state index is -0.228. The molecule has 1 aromatic heterocycles. The fourth-order valence-corrected chi connectivity index (χ4v) is 2.01. The van der Waals surface area contributed by atoms with Gasteiger partial charge in [0, 0.05) is 13.1 Å². The standard InChI is InChI=1S/C12H20N4O3/c1-3-16-11(10(13)8(2)15-16)12(17)14-6-9-7-18-4-5-19-9/h9H,3-7,13H2,1-2H3,(H,14,17). The number of amides is 1. The van der Waals surface area contributed by atoms with Gasteiger partial charge < -0.3 is 20.5 Å². The highest BCUT2D eigenvalue weighted by atomic mass is 16.6. The van der Waals surface area contributed by atoms with E-state index in [4.69, 9.17) is 15.2 Å². The van der Waals surface area contributed by atoms with E-state index < -0.39 is 0 Å². The van der Waals surface area contributed by atoms with E-state index in [2.05, 4.69) is 10.4 Å². The summed E-state index contributed by atoms with van der Waals surface area (Å²) in [5.41, 5.74) is 7.40. The van der Waals surface area contributed by atoms with Crippen molar-refractivity contribution in [3.8, 4) is 0 Å². The van der Waals surface area contributed by atoms with Crippen molar-refractivity contribution in [2.75, 3.05) is 32.1 Å². The van der Waals surface area contributed by atoms with Gasteiger partial charge in [-0.25, -0.2) is 0 Å². The summed E-state index contributed by atoms with van der Waals surface area (Å²) in [6, 6.07) is 0. The molecule has 2 rings (SSSR count). The number of hydrogen-bond donors (Lipinski definition) is 2. The van der Waals surface area contributed by atoms with Crippen LogP contribution >= 0.6 is 0 Å². The summed E-state index contributed by atoms with van der Waals surface area (Å²) in [6.07, 6.45) is -0.0991. The third-order valence-corrected chi connectivity index (χ3v) is 3.06. The Hall–Kier alpha value is -1.60. The van der Waals surface area contributed by atoms with Gasteiger partial charge in [0.15, 0.2) is 0 Å². The lowest BCUT2D eigenvalue weighted by Crippen LogP contribution is -2.40. The van der Waals surface area contributed by atoms with Gasteiger partial charge in [0.2, 0.25) is 0 Å². The molecule has 7 nitrogen and oxygen atoms in total. The zero-order chi connectivity index (χ0) is 13.8. The number of carbonyl (C=O) groups excluding carboxylic acids is 1. The van der Waals surface area contributed by atoms with Gasteiger partial charge in [0.25, 0.3) is 5.91 Å². The van der Waals surface area contributed by atoms with E-state index in [0.29, 0.717) is 50.0 Å². The largest absolute Gasteiger partial charge is 0.395 e. The highest BCUT2D eigenvalue weighted by molar-refractivity contribution is 5.97. The molecular weight excluding hydrogens is 248 g/mol. The highest BCUT2D eigenvalue weighted by Gasteiger charge is 2.21. The van der Waals surface area contributed by atoms with Gasteiger partial charge in [-0.05, 0) is 13.8 Å². The van der Waals surface area contributed by atoms with Crippen molar-refractivity contribution in [2.24, 2.45) is 0 Å². The van der Waals surface area contributed by atoms with Crippen molar-refractivity contribution in [3.05, 3.63) is 11.4 Å². The number of anilines is 1. The molecule has 0 aromatic carbocycles. The Balaban J connectivity index is 1.99. The molecule has 0 spiro atoms. The van der Waals surface area contributed by atoms with Gasteiger partial charge in [-0.3, -0.25) is 9.48 Å². The fourth-order valence-electron chi connectivity index (χ4n) is 2.01. The molecule has 1 atom stereocenters. The number of aryl methyl sites for hydroxylation is 2. The molecule has 0 radical (unpaired) electrons. The first-order chi connectivity index (χ1) is 9.13. The zero-order valence-corrected chi connectivity index (χ0v) is 11.3.